The molecule has 0 radical (unpaired) electrons. The van der Waals surface area contributed by atoms with Gasteiger partial charge in [-0.1, -0.05) is 12.1 Å². The van der Waals surface area contributed by atoms with E-state index in [0.717, 1.165) is 23.5 Å². The summed E-state index contributed by atoms with van der Waals surface area (Å²) in [6.07, 6.45) is 11.7. The maximum Gasteiger partial charge on any atom is 0.330 e. The minimum atomic E-state index is -0.316. The zero-order chi connectivity index (χ0) is 17.3. The number of hydrogen-bond donors (Lipinski definition) is 0. The second-order valence-corrected chi connectivity index (χ2v) is 8.19. The molecule has 0 aromatic heterocycles. The van der Waals surface area contributed by atoms with Gasteiger partial charge < -0.3 is 9.47 Å². The lowest BCUT2D eigenvalue weighted by atomic mass is 9.48. The van der Waals surface area contributed by atoms with Crippen molar-refractivity contribution in [2.75, 3.05) is 13.2 Å². The number of benzene rings is 1. The van der Waals surface area contributed by atoms with Crippen LogP contribution >= 0.6 is 0 Å². The Balaban J connectivity index is 1.37. The van der Waals surface area contributed by atoms with Crippen LogP contribution in [0.15, 0.2) is 36.4 Å². The number of carbonyl (C=O) groups excluding carboxylic acids is 1. The first kappa shape index (κ1) is 16.7. The van der Waals surface area contributed by atoms with Gasteiger partial charge in [0.15, 0.2) is 0 Å². The molecule has 4 saturated carbocycles. The second kappa shape index (κ2) is 6.86. The van der Waals surface area contributed by atoms with E-state index in [-0.39, 0.29) is 5.97 Å². The molecule has 1 aromatic rings. The molecule has 134 valence electrons. The fourth-order valence-electron chi connectivity index (χ4n) is 5.85. The van der Waals surface area contributed by atoms with E-state index in [4.69, 9.17) is 9.47 Å². The third kappa shape index (κ3) is 3.47. The predicted octanol–water partition coefficient (Wildman–Crippen LogP) is 4.65. The van der Waals surface area contributed by atoms with E-state index in [1.807, 2.05) is 0 Å². The molecular weight excluding hydrogens is 312 g/mol. The van der Waals surface area contributed by atoms with Crippen molar-refractivity contribution in [1.29, 1.82) is 0 Å². The van der Waals surface area contributed by atoms with E-state index in [1.54, 1.807) is 13.0 Å². The molecule has 5 rings (SSSR count). The second-order valence-electron chi connectivity index (χ2n) is 8.19. The predicted molar refractivity (Wildman–Crippen MR) is 97.6 cm³/mol. The molecular formula is C22H28O3. The Bertz CT molecular complexity index is 608. The number of carbonyl (C=O) groups is 1. The summed E-state index contributed by atoms with van der Waals surface area (Å²) in [4.78, 5) is 11.2. The molecule has 0 amide bonds. The van der Waals surface area contributed by atoms with Crippen LogP contribution in [0.1, 0.15) is 51.0 Å². The van der Waals surface area contributed by atoms with Gasteiger partial charge in [-0.3, -0.25) is 0 Å². The minimum Gasteiger partial charge on any atom is -0.490 e. The van der Waals surface area contributed by atoms with Crippen molar-refractivity contribution >= 4 is 5.97 Å². The molecule has 0 N–H and O–H groups in total. The van der Waals surface area contributed by atoms with Gasteiger partial charge in [-0.05, 0) is 92.4 Å². The van der Waals surface area contributed by atoms with Crippen molar-refractivity contribution in [2.45, 2.75) is 50.9 Å². The van der Waals surface area contributed by atoms with Gasteiger partial charge in [0.1, 0.15) is 12.4 Å². The van der Waals surface area contributed by atoms with Gasteiger partial charge in [0, 0.05) is 6.08 Å². The highest BCUT2D eigenvalue weighted by atomic mass is 16.5. The summed E-state index contributed by atoms with van der Waals surface area (Å²) in [7, 11) is 0. The van der Waals surface area contributed by atoms with Crippen LogP contribution in [0.5, 0.6) is 5.75 Å². The summed E-state index contributed by atoms with van der Waals surface area (Å²) >= 11 is 0. The Kier molecular flexibility index (Phi) is 4.58. The lowest BCUT2D eigenvalue weighted by molar-refractivity contribution is -0.137. The molecule has 4 bridgehead atoms. The van der Waals surface area contributed by atoms with Crippen molar-refractivity contribution in [2.24, 2.45) is 17.8 Å². The molecule has 4 aliphatic carbocycles. The summed E-state index contributed by atoms with van der Waals surface area (Å²) in [5, 5.41) is 0. The summed E-state index contributed by atoms with van der Waals surface area (Å²) < 4.78 is 10.6. The van der Waals surface area contributed by atoms with Gasteiger partial charge >= 0.3 is 5.97 Å². The number of esters is 1. The Morgan fingerprint density at radius 3 is 2.24 bits per heavy atom. The van der Waals surface area contributed by atoms with Crippen molar-refractivity contribution < 1.29 is 14.3 Å². The van der Waals surface area contributed by atoms with E-state index in [0.29, 0.717) is 18.6 Å². The van der Waals surface area contributed by atoms with Crippen LogP contribution in [0, 0.1) is 17.8 Å². The summed E-state index contributed by atoms with van der Waals surface area (Å²) in [5.74, 6) is 3.45. The molecule has 3 heteroatoms. The van der Waals surface area contributed by atoms with Crippen LogP contribution in [0.3, 0.4) is 0 Å². The third-order valence-corrected chi connectivity index (χ3v) is 6.39. The van der Waals surface area contributed by atoms with Gasteiger partial charge in [-0.2, -0.15) is 0 Å². The fourth-order valence-corrected chi connectivity index (χ4v) is 5.85. The van der Waals surface area contributed by atoms with Gasteiger partial charge in [0.2, 0.25) is 0 Å². The molecule has 4 fully saturated rings. The molecule has 3 nitrogen and oxygen atoms in total. The lowest BCUT2D eigenvalue weighted by Crippen LogP contribution is -2.48. The summed E-state index contributed by atoms with van der Waals surface area (Å²) in [6.45, 7) is 2.58. The average Bonchev–Trinajstić information content (AvgIpc) is 2.58. The molecule has 0 aliphatic heterocycles. The summed E-state index contributed by atoms with van der Waals surface area (Å²) in [5.41, 5.74) is 1.96. The van der Waals surface area contributed by atoms with Crippen LogP contribution in [-0.2, 0) is 14.9 Å². The smallest absolute Gasteiger partial charge is 0.330 e. The van der Waals surface area contributed by atoms with Gasteiger partial charge in [0.25, 0.3) is 0 Å². The monoisotopic (exact) mass is 340 g/mol. The quantitative estimate of drug-likeness (QED) is 0.558. The normalized spacial score (nSPS) is 32.9. The van der Waals surface area contributed by atoms with Crippen molar-refractivity contribution in [1.82, 2.24) is 0 Å². The van der Waals surface area contributed by atoms with Crippen molar-refractivity contribution in [3.63, 3.8) is 0 Å². The number of rotatable bonds is 6. The molecule has 1 aromatic carbocycles. The van der Waals surface area contributed by atoms with E-state index in [9.17, 15) is 4.79 Å². The van der Waals surface area contributed by atoms with Gasteiger partial charge in [0.05, 0.1) is 6.61 Å². The molecule has 4 aliphatic rings. The highest BCUT2D eigenvalue weighted by Gasteiger charge is 2.51. The molecule has 0 heterocycles. The zero-order valence-electron chi connectivity index (χ0n) is 15.1. The zero-order valence-corrected chi connectivity index (χ0v) is 15.1. The molecule has 0 saturated heterocycles. The maximum atomic E-state index is 11.2. The molecule has 0 unspecified atom stereocenters. The Morgan fingerprint density at radius 1 is 1.08 bits per heavy atom. The molecule has 0 spiro atoms. The topological polar surface area (TPSA) is 35.5 Å². The SMILES string of the molecule is CCOC(=O)/C=C/COc1ccc(C23CC4CC(CC(C4)C2)C3)cc1. The Hall–Kier alpha value is -1.77. The Morgan fingerprint density at radius 2 is 1.68 bits per heavy atom. The van der Waals surface area contributed by atoms with Crippen molar-refractivity contribution in [3.8, 4) is 5.75 Å². The molecule has 0 atom stereocenters. The van der Waals surface area contributed by atoms with E-state index in [2.05, 4.69) is 24.3 Å². The summed E-state index contributed by atoms with van der Waals surface area (Å²) in [6, 6.07) is 8.73. The average molecular weight is 340 g/mol. The lowest BCUT2D eigenvalue weighted by Gasteiger charge is -2.57. The first-order valence-corrected chi connectivity index (χ1v) is 9.73. The first-order chi connectivity index (χ1) is 12.2. The Labute approximate surface area is 150 Å². The minimum absolute atomic E-state index is 0.316. The van der Waals surface area contributed by atoms with E-state index in [1.165, 1.54) is 50.2 Å². The van der Waals surface area contributed by atoms with Gasteiger partial charge in [-0.15, -0.1) is 0 Å². The van der Waals surface area contributed by atoms with Crippen LogP contribution < -0.4 is 4.74 Å². The van der Waals surface area contributed by atoms with E-state index < -0.39 is 0 Å². The number of hydrogen-bond acceptors (Lipinski definition) is 3. The largest absolute Gasteiger partial charge is 0.490 e. The fraction of sp³-hybridized carbons (Fsp3) is 0.591. The van der Waals surface area contributed by atoms with Crippen LogP contribution in [0.4, 0.5) is 0 Å². The third-order valence-electron chi connectivity index (χ3n) is 6.39. The highest BCUT2D eigenvalue weighted by molar-refractivity contribution is 5.81. The van der Waals surface area contributed by atoms with Crippen LogP contribution in [0.25, 0.3) is 0 Å². The number of ether oxygens (including phenoxy) is 2. The molecule has 25 heavy (non-hydrogen) atoms. The highest BCUT2D eigenvalue weighted by Crippen LogP contribution is 2.60. The van der Waals surface area contributed by atoms with Crippen molar-refractivity contribution in [3.05, 3.63) is 42.0 Å². The van der Waals surface area contributed by atoms with Crippen LogP contribution in [0.2, 0.25) is 0 Å². The standard InChI is InChI=1S/C22H28O3/c1-2-24-21(23)4-3-9-25-20-7-5-19(6-8-20)22-13-16-10-17(14-22)12-18(11-16)15-22/h3-8,16-18H,2,9-15H2,1H3/b4-3+. The maximum absolute atomic E-state index is 11.2. The van der Waals surface area contributed by atoms with E-state index >= 15 is 0 Å². The van der Waals surface area contributed by atoms with Crippen LogP contribution in [-0.4, -0.2) is 19.2 Å². The first-order valence-electron chi connectivity index (χ1n) is 9.73. The van der Waals surface area contributed by atoms with Gasteiger partial charge in [-0.25, -0.2) is 4.79 Å².